The smallest absolute Gasteiger partial charge is 0.294 e. The van der Waals surface area contributed by atoms with Crippen LogP contribution in [0.3, 0.4) is 0 Å². The first-order chi connectivity index (χ1) is 8.21. The third kappa shape index (κ3) is 3.88. The van der Waals surface area contributed by atoms with Crippen molar-refractivity contribution in [1.29, 1.82) is 0 Å². The van der Waals surface area contributed by atoms with Gasteiger partial charge in [-0.3, -0.25) is 13.5 Å². The highest BCUT2D eigenvalue weighted by Gasteiger charge is 2.16. The third-order valence-electron chi connectivity index (χ3n) is 1.95. The predicted molar refractivity (Wildman–Crippen MR) is 62.4 cm³/mol. The number of rotatable bonds is 5. The molecule has 0 radical (unpaired) electrons. The molecule has 0 aromatic heterocycles. The molecule has 0 aliphatic heterocycles. The topological polar surface area (TPSA) is 124 Å². The number of carbonyl (C=O) groups is 1. The van der Waals surface area contributed by atoms with Crippen molar-refractivity contribution in [2.75, 3.05) is 0 Å². The molecule has 0 spiro atoms. The second-order valence-corrected chi connectivity index (χ2v) is 5.88. The second-order valence-electron chi connectivity index (χ2n) is 3.32. The first kappa shape index (κ1) is 14.8. The zero-order valence-corrected chi connectivity index (χ0v) is 10.9. The van der Waals surface area contributed by atoms with Gasteiger partial charge < -0.3 is 5.73 Å². The van der Waals surface area contributed by atoms with Gasteiger partial charge in [-0.05, 0) is 31.2 Å². The van der Waals surface area contributed by atoms with Crippen molar-refractivity contribution in [3.63, 3.8) is 0 Å². The maximum absolute atomic E-state index is 11.6. The molecule has 0 fully saturated rings. The molecule has 100 valence electrons. The Bertz CT molecular complexity index is 565. The Balaban J connectivity index is 2.86. The average Bonchev–Trinajstić information content (AvgIpc) is 2.27. The zero-order valence-electron chi connectivity index (χ0n) is 9.27. The molecule has 2 unspecified atom stereocenters. The van der Waals surface area contributed by atoms with Gasteiger partial charge in [-0.2, -0.15) is 8.42 Å². The van der Waals surface area contributed by atoms with Crippen LogP contribution in [0.1, 0.15) is 6.92 Å². The van der Waals surface area contributed by atoms with Crippen LogP contribution in [-0.2, 0) is 30.2 Å². The predicted octanol–water partition coefficient (Wildman–Crippen LogP) is -0.154. The van der Waals surface area contributed by atoms with Crippen LogP contribution in [-0.4, -0.2) is 29.2 Å². The van der Waals surface area contributed by atoms with E-state index in [0.29, 0.717) is 0 Å². The van der Waals surface area contributed by atoms with Gasteiger partial charge in [0.2, 0.25) is 5.91 Å². The molecular weight excluding hydrogens is 282 g/mol. The van der Waals surface area contributed by atoms with Crippen LogP contribution in [0.2, 0.25) is 0 Å². The molecule has 7 nitrogen and oxygen atoms in total. The maximum atomic E-state index is 11.6. The van der Waals surface area contributed by atoms with Gasteiger partial charge in [0, 0.05) is 0 Å². The summed E-state index contributed by atoms with van der Waals surface area (Å²) >= 11 is -1.95. The van der Waals surface area contributed by atoms with Crippen molar-refractivity contribution < 1.29 is 26.2 Å². The van der Waals surface area contributed by atoms with Gasteiger partial charge in [0.25, 0.3) is 10.1 Å². The first-order valence-electron chi connectivity index (χ1n) is 4.67. The first-order valence-corrected chi connectivity index (χ1v) is 7.19. The molecular formula is C9H11NO6S2. The van der Waals surface area contributed by atoms with Crippen LogP contribution in [0.25, 0.3) is 0 Å². The van der Waals surface area contributed by atoms with Gasteiger partial charge in [-0.15, -0.1) is 0 Å². The fraction of sp³-hybridized carbons (Fsp3) is 0.222. The summed E-state index contributed by atoms with van der Waals surface area (Å²) in [5.41, 5.74) is 4.93. The van der Waals surface area contributed by atoms with Crippen LogP contribution in [0, 0.1) is 0 Å². The quantitative estimate of drug-likeness (QED) is 0.727. The van der Waals surface area contributed by atoms with Gasteiger partial charge in [0.05, 0.1) is 9.79 Å². The molecule has 0 bridgehead atoms. The lowest BCUT2D eigenvalue weighted by atomic mass is 10.4. The Labute approximate surface area is 106 Å². The van der Waals surface area contributed by atoms with E-state index in [-0.39, 0.29) is 9.79 Å². The Hall–Kier alpha value is -1.29. The Morgan fingerprint density at radius 3 is 2.28 bits per heavy atom. The monoisotopic (exact) mass is 293 g/mol. The van der Waals surface area contributed by atoms with Crippen molar-refractivity contribution in [3.05, 3.63) is 24.3 Å². The molecule has 1 aromatic rings. The normalized spacial score (nSPS) is 15.0. The van der Waals surface area contributed by atoms with Crippen LogP contribution >= 0.6 is 0 Å². The highest BCUT2D eigenvalue weighted by Crippen LogP contribution is 2.14. The highest BCUT2D eigenvalue weighted by atomic mass is 32.2. The summed E-state index contributed by atoms with van der Waals surface area (Å²) in [6, 6.07) is 4.54. The molecule has 3 N–H and O–H groups in total. The van der Waals surface area contributed by atoms with E-state index in [1.165, 1.54) is 19.1 Å². The second kappa shape index (κ2) is 5.57. The van der Waals surface area contributed by atoms with Crippen LogP contribution in [0.15, 0.2) is 34.1 Å². The average molecular weight is 293 g/mol. The summed E-state index contributed by atoms with van der Waals surface area (Å²) < 4.78 is 46.7. The van der Waals surface area contributed by atoms with Crippen molar-refractivity contribution >= 4 is 27.1 Å². The van der Waals surface area contributed by atoms with Gasteiger partial charge in [-0.25, -0.2) is 4.21 Å². The Morgan fingerprint density at radius 1 is 1.39 bits per heavy atom. The minimum Gasteiger partial charge on any atom is -0.367 e. The summed E-state index contributed by atoms with van der Waals surface area (Å²) in [5, 5.41) is 0. The van der Waals surface area contributed by atoms with Crippen molar-refractivity contribution in [2.45, 2.75) is 22.8 Å². The number of benzene rings is 1. The molecule has 18 heavy (non-hydrogen) atoms. The SMILES string of the molecule is CC(OS(=O)c1ccc(S(=O)(=O)O)cc1)C(N)=O. The highest BCUT2D eigenvalue weighted by molar-refractivity contribution is 7.85. The third-order valence-corrected chi connectivity index (χ3v) is 3.93. The Morgan fingerprint density at radius 2 is 1.89 bits per heavy atom. The number of hydrogen-bond acceptors (Lipinski definition) is 5. The minimum atomic E-state index is -4.30. The van der Waals surface area contributed by atoms with E-state index in [1.54, 1.807) is 0 Å². The van der Waals surface area contributed by atoms with E-state index >= 15 is 0 Å². The van der Waals surface area contributed by atoms with E-state index in [9.17, 15) is 17.4 Å². The van der Waals surface area contributed by atoms with Crippen molar-refractivity contribution in [2.24, 2.45) is 5.73 Å². The van der Waals surface area contributed by atoms with Crippen molar-refractivity contribution in [3.8, 4) is 0 Å². The number of nitrogens with two attached hydrogens (primary N) is 1. The molecule has 9 heteroatoms. The van der Waals surface area contributed by atoms with Crippen LogP contribution < -0.4 is 5.73 Å². The molecule has 1 amide bonds. The van der Waals surface area contributed by atoms with E-state index in [1.807, 2.05) is 0 Å². The fourth-order valence-corrected chi connectivity index (χ4v) is 2.26. The molecule has 1 rings (SSSR count). The molecule has 0 saturated heterocycles. The molecule has 1 aromatic carbocycles. The molecule has 0 saturated carbocycles. The number of hydrogen-bond donors (Lipinski definition) is 2. The lowest BCUT2D eigenvalue weighted by Gasteiger charge is -2.08. The van der Waals surface area contributed by atoms with Crippen LogP contribution in [0.5, 0.6) is 0 Å². The maximum Gasteiger partial charge on any atom is 0.294 e. The summed E-state index contributed by atoms with van der Waals surface area (Å²) in [7, 11) is -4.30. The standard InChI is InChI=1S/C9H11NO6S2/c1-6(9(10)11)16-17(12)7-2-4-8(5-3-7)18(13,14)15/h2-6H,1H3,(H2,10,11)(H,13,14,15). The van der Waals surface area contributed by atoms with E-state index in [4.69, 9.17) is 14.5 Å². The van der Waals surface area contributed by atoms with Crippen LogP contribution in [0.4, 0.5) is 0 Å². The lowest BCUT2D eigenvalue weighted by Crippen LogP contribution is -2.28. The largest absolute Gasteiger partial charge is 0.367 e. The van der Waals surface area contributed by atoms with E-state index in [0.717, 1.165) is 12.1 Å². The number of primary amides is 1. The lowest BCUT2D eigenvalue weighted by molar-refractivity contribution is -0.123. The van der Waals surface area contributed by atoms with E-state index in [2.05, 4.69) is 0 Å². The molecule has 0 aliphatic carbocycles. The Kier molecular flexibility index (Phi) is 4.57. The van der Waals surface area contributed by atoms with Crippen molar-refractivity contribution in [1.82, 2.24) is 0 Å². The minimum absolute atomic E-state index is 0.149. The number of carbonyl (C=O) groups excluding carboxylic acids is 1. The van der Waals surface area contributed by atoms with Gasteiger partial charge in [0.1, 0.15) is 0 Å². The van der Waals surface area contributed by atoms with Gasteiger partial charge in [-0.1, -0.05) is 0 Å². The molecule has 2 atom stereocenters. The summed E-state index contributed by atoms with van der Waals surface area (Å²) in [4.78, 5) is 10.5. The van der Waals surface area contributed by atoms with E-state index < -0.39 is 33.2 Å². The summed E-state index contributed by atoms with van der Waals surface area (Å²) in [5.74, 6) is -0.766. The summed E-state index contributed by atoms with van der Waals surface area (Å²) in [6.45, 7) is 1.34. The fourth-order valence-electron chi connectivity index (χ4n) is 0.957. The van der Waals surface area contributed by atoms with Gasteiger partial charge >= 0.3 is 0 Å². The summed E-state index contributed by atoms with van der Waals surface area (Å²) in [6.07, 6.45) is -1.04. The number of amides is 1. The van der Waals surface area contributed by atoms with Gasteiger partial charge in [0.15, 0.2) is 17.2 Å². The molecule has 0 aliphatic rings. The molecule has 0 heterocycles. The zero-order chi connectivity index (χ0) is 13.9.